The van der Waals surface area contributed by atoms with Crippen LogP contribution < -0.4 is 5.32 Å². The first-order valence-electron chi connectivity index (χ1n) is 8.85. The molecule has 1 aliphatic carbocycles. The first-order chi connectivity index (χ1) is 12.6. The number of amides is 1. The van der Waals surface area contributed by atoms with Crippen LogP contribution >= 0.6 is 11.6 Å². The summed E-state index contributed by atoms with van der Waals surface area (Å²) < 4.78 is 6.27. The third-order valence-electron chi connectivity index (χ3n) is 4.93. The lowest BCUT2D eigenvalue weighted by atomic mass is 9.81. The Morgan fingerprint density at radius 2 is 2.19 bits per heavy atom. The summed E-state index contributed by atoms with van der Waals surface area (Å²) in [5.41, 5.74) is 1.00. The van der Waals surface area contributed by atoms with E-state index in [1.807, 2.05) is 30.3 Å². The van der Waals surface area contributed by atoms with E-state index in [2.05, 4.69) is 15.3 Å². The molecule has 0 saturated heterocycles. The predicted molar refractivity (Wildman–Crippen MR) is 101 cm³/mol. The Bertz CT molecular complexity index is 840. The van der Waals surface area contributed by atoms with Gasteiger partial charge in [0.25, 0.3) is 5.91 Å². The summed E-state index contributed by atoms with van der Waals surface area (Å²) >= 11 is 6.08. The van der Waals surface area contributed by atoms with Gasteiger partial charge in [-0.25, -0.2) is 4.99 Å². The van der Waals surface area contributed by atoms with E-state index in [0.717, 1.165) is 31.2 Å². The highest BCUT2D eigenvalue weighted by Crippen LogP contribution is 2.36. The molecule has 5 nitrogen and oxygen atoms in total. The Hall–Kier alpha value is -2.40. The molecule has 26 heavy (non-hydrogen) atoms. The van der Waals surface area contributed by atoms with E-state index in [4.69, 9.17) is 16.3 Å². The standard InChI is InChI=1S/C20H20ClN3O2/c21-15-6-3-5-14(11-15)19-23-13-20(26-19)9-4-7-16(12-20)24-18(25)17-8-1-2-10-22-17/h1-3,5-6,8,10-11,16H,4,7,9,12-13H2,(H,24,25)/t16-,20+/m1/s1. The molecule has 4 rings (SSSR count). The second-order valence-corrected chi connectivity index (χ2v) is 7.33. The number of nitrogens with one attached hydrogen (secondary N) is 1. The Labute approximate surface area is 157 Å². The van der Waals surface area contributed by atoms with Crippen LogP contribution in [0.1, 0.15) is 41.7 Å². The molecular formula is C20H20ClN3O2. The van der Waals surface area contributed by atoms with Crippen molar-refractivity contribution >= 4 is 23.4 Å². The summed E-state index contributed by atoms with van der Waals surface area (Å²) in [4.78, 5) is 21.1. The summed E-state index contributed by atoms with van der Waals surface area (Å²) in [6, 6.07) is 12.9. The second-order valence-electron chi connectivity index (χ2n) is 6.90. The smallest absolute Gasteiger partial charge is 0.270 e. The first-order valence-corrected chi connectivity index (χ1v) is 9.23. The zero-order valence-electron chi connectivity index (χ0n) is 14.3. The molecule has 1 N–H and O–H groups in total. The molecule has 6 heteroatoms. The molecule has 1 amide bonds. The van der Waals surface area contributed by atoms with Crippen molar-refractivity contribution in [2.45, 2.75) is 37.3 Å². The molecule has 2 atom stereocenters. The Balaban J connectivity index is 1.42. The maximum atomic E-state index is 12.4. The first kappa shape index (κ1) is 17.0. The third kappa shape index (κ3) is 3.58. The molecular weight excluding hydrogens is 350 g/mol. The van der Waals surface area contributed by atoms with Crippen molar-refractivity contribution in [2.75, 3.05) is 6.54 Å². The van der Waals surface area contributed by atoms with Crippen molar-refractivity contribution in [3.63, 3.8) is 0 Å². The van der Waals surface area contributed by atoms with Gasteiger partial charge >= 0.3 is 0 Å². The quantitative estimate of drug-likeness (QED) is 0.898. The van der Waals surface area contributed by atoms with Gasteiger partial charge in [0.05, 0.1) is 6.54 Å². The number of pyridine rings is 1. The van der Waals surface area contributed by atoms with E-state index < -0.39 is 0 Å². The molecule has 1 spiro atoms. The van der Waals surface area contributed by atoms with E-state index in [-0.39, 0.29) is 17.6 Å². The number of benzene rings is 1. The second kappa shape index (κ2) is 7.08. The van der Waals surface area contributed by atoms with Crippen molar-refractivity contribution in [3.05, 3.63) is 64.9 Å². The fourth-order valence-corrected chi connectivity index (χ4v) is 3.89. The van der Waals surface area contributed by atoms with Crippen LogP contribution in [0.5, 0.6) is 0 Å². The minimum absolute atomic E-state index is 0.0622. The Morgan fingerprint density at radius 1 is 1.27 bits per heavy atom. The SMILES string of the molecule is O=C(N[C@@H]1CCC[C@@]2(CN=C(c3cccc(Cl)c3)O2)C1)c1ccccn1. The van der Waals surface area contributed by atoms with Crippen molar-refractivity contribution in [1.82, 2.24) is 10.3 Å². The number of hydrogen-bond donors (Lipinski definition) is 1. The van der Waals surface area contributed by atoms with Gasteiger partial charge in [0.1, 0.15) is 11.3 Å². The van der Waals surface area contributed by atoms with Crippen molar-refractivity contribution in [2.24, 2.45) is 4.99 Å². The lowest BCUT2D eigenvalue weighted by molar-refractivity contribution is 0.0329. The maximum absolute atomic E-state index is 12.4. The molecule has 0 bridgehead atoms. The van der Waals surface area contributed by atoms with Crippen LogP contribution in [0.4, 0.5) is 0 Å². The molecule has 1 fully saturated rings. The Kier molecular flexibility index (Phi) is 4.64. The third-order valence-corrected chi connectivity index (χ3v) is 5.17. The van der Waals surface area contributed by atoms with Gasteiger partial charge in [0.15, 0.2) is 0 Å². The molecule has 134 valence electrons. The van der Waals surface area contributed by atoms with E-state index in [0.29, 0.717) is 23.2 Å². The molecule has 1 saturated carbocycles. The number of hydrogen-bond acceptors (Lipinski definition) is 4. The van der Waals surface area contributed by atoms with Crippen LogP contribution in [-0.4, -0.2) is 35.0 Å². The number of aromatic nitrogens is 1. The number of nitrogens with zero attached hydrogens (tertiary/aromatic N) is 2. The van der Waals surface area contributed by atoms with Gasteiger partial charge < -0.3 is 10.1 Å². The van der Waals surface area contributed by atoms with Crippen molar-refractivity contribution < 1.29 is 9.53 Å². The average molecular weight is 370 g/mol. The average Bonchev–Trinajstić information content (AvgIpc) is 3.06. The largest absolute Gasteiger partial charge is 0.469 e. The normalized spacial score (nSPS) is 24.8. The molecule has 0 unspecified atom stereocenters. The van der Waals surface area contributed by atoms with Crippen molar-refractivity contribution in [3.8, 4) is 0 Å². The van der Waals surface area contributed by atoms with E-state index in [9.17, 15) is 4.79 Å². The monoisotopic (exact) mass is 369 g/mol. The summed E-state index contributed by atoms with van der Waals surface area (Å²) in [5, 5.41) is 3.76. The number of ether oxygens (including phenoxy) is 1. The van der Waals surface area contributed by atoms with Crippen LogP contribution in [0.25, 0.3) is 0 Å². The fourth-order valence-electron chi connectivity index (χ4n) is 3.70. The molecule has 1 aromatic heterocycles. The minimum Gasteiger partial charge on any atom is -0.469 e. The summed E-state index contributed by atoms with van der Waals surface area (Å²) in [5.74, 6) is 0.505. The highest BCUT2D eigenvalue weighted by atomic mass is 35.5. The van der Waals surface area contributed by atoms with Crippen LogP contribution in [0.2, 0.25) is 5.02 Å². The van der Waals surface area contributed by atoms with Crippen LogP contribution in [0, 0.1) is 0 Å². The topological polar surface area (TPSA) is 63.6 Å². The number of carbonyl (C=O) groups excluding carboxylic acids is 1. The maximum Gasteiger partial charge on any atom is 0.270 e. The summed E-state index contributed by atoms with van der Waals surface area (Å²) in [6.45, 7) is 0.616. The van der Waals surface area contributed by atoms with E-state index in [1.54, 1.807) is 18.3 Å². The highest BCUT2D eigenvalue weighted by molar-refractivity contribution is 6.31. The van der Waals surface area contributed by atoms with Gasteiger partial charge in [-0.05, 0) is 49.6 Å². The number of rotatable bonds is 3. The number of aliphatic imine (C=N–C) groups is 1. The zero-order chi connectivity index (χ0) is 18.0. The van der Waals surface area contributed by atoms with Gasteiger partial charge in [0.2, 0.25) is 5.90 Å². The molecule has 0 radical (unpaired) electrons. The van der Waals surface area contributed by atoms with E-state index in [1.165, 1.54) is 0 Å². The van der Waals surface area contributed by atoms with Crippen LogP contribution in [-0.2, 0) is 4.74 Å². The number of halogens is 1. The molecule has 2 aromatic rings. The predicted octanol–water partition coefficient (Wildman–Crippen LogP) is 3.62. The molecule has 2 aliphatic rings. The minimum atomic E-state index is -0.335. The molecule has 2 heterocycles. The van der Waals surface area contributed by atoms with E-state index >= 15 is 0 Å². The van der Waals surface area contributed by atoms with Gasteiger partial charge in [-0.1, -0.05) is 23.7 Å². The Morgan fingerprint density at radius 3 is 3.00 bits per heavy atom. The fraction of sp³-hybridized carbons (Fsp3) is 0.350. The lowest BCUT2D eigenvalue weighted by Crippen LogP contribution is -2.47. The lowest BCUT2D eigenvalue weighted by Gasteiger charge is -2.37. The van der Waals surface area contributed by atoms with Crippen LogP contribution in [0.15, 0.2) is 53.7 Å². The number of carbonyl (C=O) groups is 1. The van der Waals surface area contributed by atoms with Crippen LogP contribution in [0.3, 0.4) is 0 Å². The van der Waals surface area contributed by atoms with Gasteiger partial charge in [-0.15, -0.1) is 0 Å². The van der Waals surface area contributed by atoms with Gasteiger partial charge in [-0.2, -0.15) is 0 Å². The molecule has 1 aromatic carbocycles. The van der Waals surface area contributed by atoms with Gasteiger partial charge in [0, 0.05) is 29.2 Å². The zero-order valence-corrected chi connectivity index (χ0v) is 15.1. The molecule has 1 aliphatic heterocycles. The van der Waals surface area contributed by atoms with Gasteiger partial charge in [-0.3, -0.25) is 9.78 Å². The van der Waals surface area contributed by atoms with Crippen molar-refractivity contribution in [1.29, 1.82) is 0 Å². The highest BCUT2D eigenvalue weighted by Gasteiger charge is 2.43. The summed E-state index contributed by atoms with van der Waals surface area (Å²) in [7, 11) is 0. The summed E-state index contributed by atoms with van der Waals surface area (Å²) in [6.07, 6.45) is 5.25.